The Bertz CT molecular complexity index is 1030. The van der Waals surface area contributed by atoms with Crippen molar-refractivity contribution in [2.24, 2.45) is 5.92 Å². The smallest absolute Gasteiger partial charge is 0.231 e. The molecule has 2 aromatic carbocycles. The van der Waals surface area contributed by atoms with Crippen molar-refractivity contribution in [1.82, 2.24) is 0 Å². The maximum Gasteiger partial charge on any atom is 0.231 e. The lowest BCUT2D eigenvalue weighted by Crippen LogP contribution is -2.42. The van der Waals surface area contributed by atoms with Crippen molar-refractivity contribution in [3.63, 3.8) is 0 Å². The van der Waals surface area contributed by atoms with Crippen LogP contribution in [0.25, 0.3) is 11.1 Å². The fourth-order valence-corrected chi connectivity index (χ4v) is 4.81. The van der Waals surface area contributed by atoms with Gasteiger partial charge in [-0.25, -0.2) is 0 Å². The predicted molar refractivity (Wildman–Crippen MR) is 117 cm³/mol. The second kappa shape index (κ2) is 8.26. The second-order valence-corrected chi connectivity index (χ2v) is 8.23. The van der Waals surface area contributed by atoms with E-state index in [1.807, 2.05) is 19.1 Å². The summed E-state index contributed by atoms with van der Waals surface area (Å²) in [5, 5.41) is 11.6. The quantitative estimate of drug-likeness (QED) is 0.744. The molecule has 4 rings (SSSR count). The van der Waals surface area contributed by atoms with Crippen molar-refractivity contribution in [2.75, 3.05) is 42.3 Å². The highest BCUT2D eigenvalue weighted by Gasteiger charge is 2.45. The Balaban J connectivity index is 2.20. The van der Waals surface area contributed by atoms with Gasteiger partial charge in [-0.05, 0) is 42.5 Å². The summed E-state index contributed by atoms with van der Waals surface area (Å²) in [5.74, 6) is 2.86. The van der Waals surface area contributed by atoms with Crippen LogP contribution < -0.4 is 28.4 Å². The minimum atomic E-state index is -1.20. The van der Waals surface area contributed by atoms with Crippen LogP contribution in [0.2, 0.25) is 0 Å². The average Bonchev–Trinajstić information content (AvgIpc) is 3.25. The summed E-state index contributed by atoms with van der Waals surface area (Å²) in [5.41, 5.74) is 1.90. The number of benzene rings is 2. The highest BCUT2D eigenvalue weighted by molar-refractivity contribution is 5.89. The molecular weight excluding hydrogens is 416 g/mol. The molecule has 0 bridgehead atoms. The minimum Gasteiger partial charge on any atom is -0.493 e. The molecule has 1 aliphatic heterocycles. The van der Waals surface area contributed by atoms with E-state index in [0.29, 0.717) is 52.0 Å². The summed E-state index contributed by atoms with van der Waals surface area (Å²) in [6.07, 6.45) is -0.129. The van der Waals surface area contributed by atoms with Crippen molar-refractivity contribution >= 4 is 0 Å². The van der Waals surface area contributed by atoms with Gasteiger partial charge in [0.25, 0.3) is 0 Å². The van der Waals surface area contributed by atoms with E-state index in [-0.39, 0.29) is 12.7 Å². The van der Waals surface area contributed by atoms with Crippen molar-refractivity contribution in [1.29, 1.82) is 0 Å². The predicted octanol–water partition coefficient (Wildman–Crippen LogP) is 3.75. The number of hydrogen-bond acceptors (Lipinski definition) is 8. The molecule has 2 aliphatic rings. The minimum absolute atomic E-state index is 0.110. The molecule has 1 aliphatic carbocycles. The zero-order valence-corrected chi connectivity index (χ0v) is 19.5. The molecule has 174 valence electrons. The van der Waals surface area contributed by atoms with E-state index >= 15 is 0 Å². The van der Waals surface area contributed by atoms with Gasteiger partial charge in [0.15, 0.2) is 23.0 Å². The van der Waals surface area contributed by atoms with Crippen LogP contribution in [0.5, 0.6) is 34.5 Å². The van der Waals surface area contributed by atoms with Crippen molar-refractivity contribution < 1.29 is 38.3 Å². The van der Waals surface area contributed by atoms with Crippen LogP contribution in [-0.4, -0.2) is 53.0 Å². The average molecular weight is 446 g/mol. The number of hydrogen-bond donors (Lipinski definition) is 1. The monoisotopic (exact) mass is 446 g/mol. The van der Waals surface area contributed by atoms with E-state index in [1.165, 1.54) is 0 Å². The summed E-state index contributed by atoms with van der Waals surface area (Å²) in [6, 6.07) is 3.77. The van der Waals surface area contributed by atoms with Gasteiger partial charge < -0.3 is 38.3 Å². The SMILES string of the molecule is COc1cc2c(c(OC)c1OC)-c1c(cc3c(c1OC)OCO3)C[C@H](C)[C@](C)(O)[C@@H]2OC. The van der Waals surface area contributed by atoms with Crippen LogP contribution in [0.15, 0.2) is 12.1 Å². The third kappa shape index (κ3) is 3.12. The van der Waals surface area contributed by atoms with E-state index in [1.54, 1.807) is 42.5 Å². The van der Waals surface area contributed by atoms with Gasteiger partial charge in [-0.15, -0.1) is 0 Å². The van der Waals surface area contributed by atoms with E-state index in [9.17, 15) is 5.11 Å². The van der Waals surface area contributed by atoms with Crippen molar-refractivity contribution in [2.45, 2.75) is 32.0 Å². The van der Waals surface area contributed by atoms with Gasteiger partial charge in [0.1, 0.15) is 6.10 Å². The highest BCUT2D eigenvalue weighted by atomic mass is 16.7. The first-order valence-corrected chi connectivity index (χ1v) is 10.4. The molecule has 3 atom stereocenters. The van der Waals surface area contributed by atoms with E-state index in [4.69, 9.17) is 33.2 Å². The van der Waals surface area contributed by atoms with Crippen LogP contribution in [-0.2, 0) is 11.2 Å². The molecule has 1 N–H and O–H groups in total. The van der Waals surface area contributed by atoms with Crippen LogP contribution >= 0.6 is 0 Å². The van der Waals surface area contributed by atoms with Gasteiger partial charge in [0.2, 0.25) is 18.3 Å². The number of rotatable bonds is 5. The first-order valence-electron chi connectivity index (χ1n) is 10.4. The lowest BCUT2D eigenvalue weighted by molar-refractivity contribution is -0.115. The summed E-state index contributed by atoms with van der Waals surface area (Å²) in [7, 11) is 7.86. The van der Waals surface area contributed by atoms with Gasteiger partial charge in [-0.3, -0.25) is 0 Å². The Morgan fingerprint density at radius 1 is 0.906 bits per heavy atom. The van der Waals surface area contributed by atoms with Crippen LogP contribution in [0.1, 0.15) is 31.1 Å². The summed E-state index contributed by atoms with van der Waals surface area (Å²) in [6.45, 7) is 3.89. The largest absolute Gasteiger partial charge is 0.493 e. The van der Waals surface area contributed by atoms with E-state index in [0.717, 1.165) is 11.1 Å². The third-order valence-electron chi connectivity index (χ3n) is 6.59. The van der Waals surface area contributed by atoms with Gasteiger partial charge in [-0.2, -0.15) is 0 Å². The van der Waals surface area contributed by atoms with Crippen LogP contribution in [0.3, 0.4) is 0 Å². The molecule has 0 radical (unpaired) electrons. The standard InChI is InChI=1S/C24H30O8/c1-12-8-13-9-16-20(32-11-31-16)21(28-5)17(13)18-14(23(30-7)24(12,2)25)10-15(26-3)19(27-4)22(18)29-6/h9-10,12,23,25H,8,11H2,1-7H3/t12-,23+,24-/m0/s1. The summed E-state index contributed by atoms with van der Waals surface area (Å²) < 4.78 is 40.3. The van der Waals surface area contributed by atoms with Crippen molar-refractivity contribution in [3.05, 3.63) is 23.3 Å². The molecule has 8 nitrogen and oxygen atoms in total. The molecule has 0 aromatic heterocycles. The van der Waals surface area contributed by atoms with Gasteiger partial charge in [0.05, 0.1) is 34.0 Å². The maximum absolute atomic E-state index is 11.6. The lowest BCUT2D eigenvalue weighted by Gasteiger charge is -2.41. The number of fused-ring (bicyclic) bond motifs is 4. The van der Waals surface area contributed by atoms with Gasteiger partial charge in [-0.1, -0.05) is 6.92 Å². The van der Waals surface area contributed by atoms with Gasteiger partial charge >= 0.3 is 0 Å². The molecule has 0 spiro atoms. The van der Waals surface area contributed by atoms with E-state index < -0.39 is 11.7 Å². The number of ether oxygens (including phenoxy) is 7. The molecular formula is C24H30O8. The number of methoxy groups -OCH3 is 5. The first kappa shape index (κ1) is 22.4. The molecule has 0 amide bonds. The van der Waals surface area contributed by atoms with Crippen LogP contribution in [0.4, 0.5) is 0 Å². The molecule has 1 heterocycles. The zero-order valence-electron chi connectivity index (χ0n) is 19.5. The second-order valence-electron chi connectivity index (χ2n) is 8.23. The molecule has 2 aromatic rings. The lowest BCUT2D eigenvalue weighted by atomic mass is 9.73. The highest BCUT2D eigenvalue weighted by Crippen LogP contribution is 2.58. The topological polar surface area (TPSA) is 84.8 Å². The Morgan fingerprint density at radius 3 is 2.19 bits per heavy atom. The van der Waals surface area contributed by atoms with E-state index in [2.05, 4.69) is 0 Å². The van der Waals surface area contributed by atoms with Gasteiger partial charge in [0, 0.05) is 18.2 Å². The molecule has 0 unspecified atom stereocenters. The maximum atomic E-state index is 11.6. The molecule has 0 saturated heterocycles. The first-order chi connectivity index (χ1) is 15.3. The molecule has 0 fully saturated rings. The van der Waals surface area contributed by atoms with Crippen molar-refractivity contribution in [3.8, 4) is 45.6 Å². The Kier molecular flexibility index (Phi) is 5.77. The normalized spacial score (nSPS) is 23.5. The zero-order chi connectivity index (χ0) is 23.2. The molecule has 32 heavy (non-hydrogen) atoms. The molecule has 8 heteroatoms. The number of aliphatic hydroxyl groups is 1. The molecule has 0 saturated carbocycles. The summed E-state index contributed by atoms with van der Waals surface area (Å²) in [4.78, 5) is 0. The summed E-state index contributed by atoms with van der Waals surface area (Å²) >= 11 is 0. The Hall–Kier alpha value is -2.84. The van der Waals surface area contributed by atoms with Crippen LogP contribution in [0, 0.1) is 5.92 Å². The fraction of sp³-hybridized carbons (Fsp3) is 0.500. The third-order valence-corrected chi connectivity index (χ3v) is 6.59. The Labute approximate surface area is 187 Å². The Morgan fingerprint density at radius 2 is 1.59 bits per heavy atom. The fourth-order valence-electron chi connectivity index (χ4n) is 4.81.